The van der Waals surface area contributed by atoms with Gasteiger partial charge in [-0.05, 0) is 5.87 Å². The van der Waals surface area contributed by atoms with Gasteiger partial charge in [-0.15, -0.1) is 0 Å². The zero-order chi connectivity index (χ0) is 4.95. The van der Waals surface area contributed by atoms with Gasteiger partial charge >= 0.3 is 0 Å². The van der Waals surface area contributed by atoms with Crippen LogP contribution in [0.1, 0.15) is 0 Å². The third-order valence-corrected chi connectivity index (χ3v) is 0.537. The molecular weight excluding hydrogens is 88.1 g/mol. The monoisotopic (exact) mass is 92.0 g/mol. The van der Waals surface area contributed by atoms with E-state index in [0.29, 0.717) is 0 Å². The minimum Gasteiger partial charge on any atom is -0.262 e. The predicted molar refractivity (Wildman–Crippen MR) is 29.6 cm³/mol. The van der Waals surface area contributed by atoms with Crippen molar-refractivity contribution in [3.05, 3.63) is 18.5 Å². The van der Waals surface area contributed by atoms with Crippen molar-refractivity contribution in [3.63, 3.8) is 0 Å². The lowest BCUT2D eigenvalue weighted by Crippen LogP contribution is -1.55. The van der Waals surface area contributed by atoms with E-state index < -0.39 is 0 Å². The number of hydrogen-bond acceptors (Lipinski definition) is 2. The molecule has 1 aliphatic heterocycles. The molecule has 1 heterocycles. The first-order chi connectivity index (χ1) is 3.50. The molecule has 0 fully saturated rings. The van der Waals surface area contributed by atoms with Crippen molar-refractivity contribution in [1.29, 1.82) is 0 Å². The van der Waals surface area contributed by atoms with Crippen molar-refractivity contribution in [1.82, 2.24) is 0 Å². The molecule has 2 heteroatoms. The Morgan fingerprint density at radius 2 is 2.29 bits per heavy atom. The van der Waals surface area contributed by atoms with E-state index >= 15 is 0 Å². The van der Waals surface area contributed by atoms with Crippen molar-refractivity contribution in [2.75, 3.05) is 0 Å². The Balaban J connectivity index is 2.86. The Morgan fingerprint density at radius 1 is 1.29 bits per heavy atom. The van der Waals surface area contributed by atoms with Crippen molar-refractivity contribution in [2.24, 2.45) is 9.98 Å². The zero-order valence-corrected chi connectivity index (χ0v) is 3.70. The van der Waals surface area contributed by atoms with Gasteiger partial charge in [-0.25, -0.2) is 4.99 Å². The van der Waals surface area contributed by atoms with Crippen molar-refractivity contribution < 1.29 is 0 Å². The second-order valence-electron chi connectivity index (χ2n) is 1.02. The molecule has 7 heavy (non-hydrogen) atoms. The molecule has 0 aliphatic carbocycles. The van der Waals surface area contributed by atoms with E-state index in [4.69, 9.17) is 0 Å². The van der Waals surface area contributed by atoms with E-state index in [1.165, 1.54) is 0 Å². The number of hydrogen-bond donors (Lipinski definition) is 0. The van der Waals surface area contributed by atoms with Gasteiger partial charge < -0.3 is 0 Å². The van der Waals surface area contributed by atoms with Crippen molar-refractivity contribution in [3.8, 4) is 0 Å². The maximum atomic E-state index is 3.75. The average molecular weight is 92.1 g/mol. The van der Waals surface area contributed by atoms with Crippen LogP contribution in [0.4, 0.5) is 0 Å². The molecule has 1 rings (SSSR count). The van der Waals surface area contributed by atoms with Crippen molar-refractivity contribution in [2.45, 2.75) is 0 Å². The molecule has 0 unspecified atom stereocenters. The first-order valence-electron chi connectivity index (χ1n) is 1.95. The predicted octanol–water partition coefficient (Wildman–Crippen LogP) is 0.768. The maximum absolute atomic E-state index is 3.75. The summed E-state index contributed by atoms with van der Waals surface area (Å²) in [5, 5.41) is 0. The molecule has 0 radical (unpaired) electrons. The number of rotatable bonds is 0. The maximum Gasteiger partial charge on any atom is 0.0551 e. The lowest BCUT2D eigenvalue weighted by Gasteiger charge is -1.62. The van der Waals surface area contributed by atoms with E-state index in [0.717, 1.165) is 0 Å². The second-order valence-corrected chi connectivity index (χ2v) is 1.02. The molecule has 0 aromatic rings. The van der Waals surface area contributed by atoms with Gasteiger partial charge in [0, 0.05) is 18.5 Å². The minimum absolute atomic E-state index is 1.58. The SMILES string of the molecule is C1=CC=NC=CN=1. The highest BCUT2D eigenvalue weighted by atomic mass is 14.7. The Hall–Kier alpha value is -1.14. The van der Waals surface area contributed by atoms with Gasteiger partial charge in [0.1, 0.15) is 0 Å². The number of nitrogens with zero attached hydrogens (tertiary/aromatic N) is 2. The molecule has 0 amide bonds. The van der Waals surface area contributed by atoms with Crippen LogP contribution in [0.15, 0.2) is 28.5 Å². The summed E-state index contributed by atoms with van der Waals surface area (Å²) in [5.41, 5.74) is 0. The molecule has 0 bridgehead atoms. The van der Waals surface area contributed by atoms with Crippen LogP contribution in [0.2, 0.25) is 0 Å². The Morgan fingerprint density at radius 3 is 3.29 bits per heavy atom. The summed E-state index contributed by atoms with van der Waals surface area (Å²) < 4.78 is 0. The van der Waals surface area contributed by atoms with Gasteiger partial charge in [0.05, 0.1) is 6.20 Å². The van der Waals surface area contributed by atoms with Gasteiger partial charge in [-0.3, -0.25) is 4.99 Å². The van der Waals surface area contributed by atoms with E-state index in [1.807, 2.05) is 0 Å². The molecule has 0 aromatic heterocycles. The standard InChI is InChI=1S/C5H4N2/c1-2-6-4-5-7-3-1/h1-2,4-5H. The van der Waals surface area contributed by atoms with Crippen LogP contribution in [0.5, 0.6) is 0 Å². The lowest BCUT2D eigenvalue weighted by atomic mass is 10.7. The first kappa shape index (κ1) is 4.03. The number of allylic oxidation sites excluding steroid dienone is 1. The fourth-order valence-electron chi connectivity index (χ4n) is 0.284. The van der Waals surface area contributed by atoms with Crippen LogP contribution in [0, 0.1) is 0 Å². The molecule has 0 N–H and O–H groups in total. The molecule has 0 saturated heterocycles. The first-order valence-corrected chi connectivity index (χ1v) is 1.95. The van der Waals surface area contributed by atoms with E-state index in [-0.39, 0.29) is 0 Å². The highest BCUT2D eigenvalue weighted by molar-refractivity contribution is 5.83. The number of aliphatic imine (C=N–C) groups is 2. The quantitative estimate of drug-likeness (QED) is 0.421. The molecular formula is C5H4N2. The summed E-state index contributed by atoms with van der Waals surface area (Å²) in [4.78, 5) is 7.41. The zero-order valence-electron chi connectivity index (χ0n) is 3.70. The van der Waals surface area contributed by atoms with Crippen molar-refractivity contribution >= 4 is 12.1 Å². The van der Waals surface area contributed by atoms with Gasteiger partial charge in [-0.2, -0.15) is 0 Å². The highest BCUT2D eigenvalue weighted by Crippen LogP contribution is 1.76. The summed E-state index contributed by atoms with van der Waals surface area (Å²) in [5.74, 6) is 2.61. The van der Waals surface area contributed by atoms with Gasteiger partial charge in [0.2, 0.25) is 0 Å². The Kier molecular flexibility index (Phi) is 1.21. The van der Waals surface area contributed by atoms with E-state index in [2.05, 4.69) is 15.9 Å². The third kappa shape index (κ3) is 1.16. The summed E-state index contributed by atoms with van der Waals surface area (Å²) >= 11 is 0. The van der Waals surface area contributed by atoms with Gasteiger partial charge in [-0.1, -0.05) is 0 Å². The smallest absolute Gasteiger partial charge is 0.0551 e. The van der Waals surface area contributed by atoms with Crippen LogP contribution in [-0.4, -0.2) is 12.1 Å². The Bertz CT molecular complexity index is 143. The van der Waals surface area contributed by atoms with Crippen LogP contribution < -0.4 is 0 Å². The fraction of sp³-hybridized carbons (Fsp3) is 0. The molecule has 0 atom stereocenters. The van der Waals surface area contributed by atoms with Crippen LogP contribution in [0.3, 0.4) is 0 Å². The molecule has 0 aromatic carbocycles. The van der Waals surface area contributed by atoms with E-state index in [1.54, 1.807) is 24.7 Å². The molecule has 0 saturated carbocycles. The highest BCUT2D eigenvalue weighted by Gasteiger charge is 1.63. The average Bonchev–Trinajstić information content (AvgIpc) is 1.90. The summed E-state index contributed by atoms with van der Waals surface area (Å²) in [6, 6.07) is 0. The van der Waals surface area contributed by atoms with Gasteiger partial charge in [0.15, 0.2) is 0 Å². The fourth-order valence-corrected chi connectivity index (χ4v) is 0.284. The molecule has 34 valence electrons. The summed E-state index contributed by atoms with van der Waals surface area (Å²) in [7, 11) is 0. The third-order valence-electron chi connectivity index (χ3n) is 0.537. The summed E-state index contributed by atoms with van der Waals surface area (Å²) in [6.45, 7) is 0. The lowest BCUT2D eigenvalue weighted by molar-refractivity contribution is 1.51. The van der Waals surface area contributed by atoms with Gasteiger partial charge in [0.25, 0.3) is 0 Å². The molecule has 2 nitrogen and oxygen atoms in total. The minimum atomic E-state index is 1.58. The molecule has 0 spiro atoms. The largest absolute Gasteiger partial charge is 0.262 e. The van der Waals surface area contributed by atoms with Crippen LogP contribution in [-0.2, 0) is 0 Å². The Labute approximate surface area is 41.6 Å². The molecule has 1 aliphatic rings. The van der Waals surface area contributed by atoms with Crippen LogP contribution in [0.25, 0.3) is 0 Å². The normalized spacial score (nSPS) is 14.9. The summed E-state index contributed by atoms with van der Waals surface area (Å²) in [6.07, 6.45) is 6.48. The topological polar surface area (TPSA) is 24.7 Å². The second kappa shape index (κ2) is 2.11. The van der Waals surface area contributed by atoms with E-state index in [9.17, 15) is 0 Å². The van der Waals surface area contributed by atoms with Crippen LogP contribution >= 0.6 is 0 Å².